The summed E-state index contributed by atoms with van der Waals surface area (Å²) >= 11 is 12.5. The van der Waals surface area contributed by atoms with E-state index in [1.165, 1.54) is 4.31 Å². The largest absolute Gasteiger partial charge is 0.491 e. The molecule has 4 aromatic rings. The highest BCUT2D eigenvalue weighted by molar-refractivity contribution is 7.92. The second-order valence-electron chi connectivity index (χ2n) is 8.10. The van der Waals surface area contributed by atoms with Crippen LogP contribution in [0.25, 0.3) is 10.8 Å². The molecule has 0 aliphatic heterocycles. The average Bonchev–Trinajstić information content (AvgIpc) is 2.86. The van der Waals surface area contributed by atoms with E-state index < -0.39 is 10.0 Å². The number of nitrogens with one attached hydrogen (secondary N) is 1. The van der Waals surface area contributed by atoms with Gasteiger partial charge in [0.15, 0.2) is 0 Å². The number of benzene rings is 4. The summed E-state index contributed by atoms with van der Waals surface area (Å²) in [6, 6.07) is 25.1. The molecule has 0 spiro atoms. The Balaban J connectivity index is 1.39. The maximum Gasteiger partial charge on any atom is 0.251 e. The lowest BCUT2D eigenvalue weighted by atomic mass is 10.1. The summed E-state index contributed by atoms with van der Waals surface area (Å²) < 4.78 is 32.0. The number of sulfonamides is 1. The van der Waals surface area contributed by atoms with Crippen LogP contribution >= 0.6 is 23.2 Å². The van der Waals surface area contributed by atoms with Crippen molar-refractivity contribution in [3.63, 3.8) is 0 Å². The van der Waals surface area contributed by atoms with Crippen LogP contribution in [0.1, 0.15) is 15.9 Å². The molecule has 0 saturated heterocycles. The number of fused-ring (bicyclic) bond motifs is 1. The smallest absolute Gasteiger partial charge is 0.251 e. The fourth-order valence-corrected chi connectivity index (χ4v) is 5.14. The summed E-state index contributed by atoms with van der Waals surface area (Å²) in [5.41, 5.74) is 1.29. The van der Waals surface area contributed by atoms with Crippen molar-refractivity contribution in [3.8, 4) is 5.75 Å². The predicted octanol–water partition coefficient (Wildman–Crippen LogP) is 5.92. The molecule has 6 nitrogen and oxygen atoms in total. The topological polar surface area (TPSA) is 75.7 Å². The van der Waals surface area contributed by atoms with Crippen molar-refractivity contribution < 1.29 is 17.9 Å². The maximum absolute atomic E-state index is 12.6. The van der Waals surface area contributed by atoms with Crippen molar-refractivity contribution in [2.24, 2.45) is 0 Å². The molecule has 186 valence electrons. The van der Waals surface area contributed by atoms with Gasteiger partial charge in [-0.25, -0.2) is 8.42 Å². The molecular weight excluding hydrogens is 519 g/mol. The van der Waals surface area contributed by atoms with Crippen molar-refractivity contribution in [3.05, 3.63) is 106 Å². The van der Waals surface area contributed by atoms with Crippen LogP contribution in [0.15, 0.2) is 84.9 Å². The number of carbonyl (C=O) groups excluding carboxylic acids is 1. The minimum Gasteiger partial charge on any atom is -0.491 e. The Hall–Kier alpha value is -3.26. The van der Waals surface area contributed by atoms with E-state index in [0.717, 1.165) is 22.8 Å². The van der Waals surface area contributed by atoms with E-state index in [0.29, 0.717) is 40.0 Å². The molecule has 0 bridgehead atoms. The van der Waals surface area contributed by atoms with E-state index in [1.807, 2.05) is 42.5 Å². The highest BCUT2D eigenvalue weighted by Crippen LogP contribution is 2.29. The summed E-state index contributed by atoms with van der Waals surface area (Å²) in [6.45, 7) is 0.580. The van der Waals surface area contributed by atoms with Gasteiger partial charge in [-0.3, -0.25) is 9.10 Å². The first kappa shape index (κ1) is 25.8. The molecule has 0 radical (unpaired) electrons. The van der Waals surface area contributed by atoms with Gasteiger partial charge in [-0.15, -0.1) is 0 Å². The van der Waals surface area contributed by atoms with Crippen molar-refractivity contribution >= 4 is 55.6 Å². The standard InChI is InChI=1S/C27H24Cl2N2O4S/c1-36(33,34)31(18-23-24(28)9-5-10-25(23)29)21-14-12-20(13-15-21)27(32)30-16-17-35-26-11-4-7-19-6-2-3-8-22(19)26/h2-15H,16-18H2,1H3,(H,30,32). The van der Waals surface area contributed by atoms with Gasteiger partial charge in [-0.2, -0.15) is 0 Å². The van der Waals surface area contributed by atoms with Crippen LogP contribution < -0.4 is 14.4 Å². The Bertz CT molecular complexity index is 1470. The molecule has 0 heterocycles. The number of ether oxygens (including phenoxy) is 1. The lowest BCUT2D eigenvalue weighted by Gasteiger charge is -2.23. The van der Waals surface area contributed by atoms with Crippen molar-refractivity contribution in [2.45, 2.75) is 6.54 Å². The van der Waals surface area contributed by atoms with Crippen molar-refractivity contribution in [1.82, 2.24) is 5.32 Å². The Labute approximate surface area is 220 Å². The first-order valence-electron chi connectivity index (χ1n) is 11.1. The minimum atomic E-state index is -3.64. The molecule has 0 aliphatic rings. The van der Waals surface area contributed by atoms with Crippen LogP contribution in [-0.4, -0.2) is 33.7 Å². The second-order valence-corrected chi connectivity index (χ2v) is 10.8. The summed E-state index contributed by atoms with van der Waals surface area (Å²) in [5.74, 6) is 0.467. The third-order valence-electron chi connectivity index (χ3n) is 5.58. The molecule has 9 heteroatoms. The van der Waals surface area contributed by atoms with Gasteiger partial charge < -0.3 is 10.1 Å². The van der Waals surface area contributed by atoms with E-state index in [4.69, 9.17) is 27.9 Å². The van der Waals surface area contributed by atoms with E-state index in [2.05, 4.69) is 5.32 Å². The molecule has 0 fully saturated rings. The van der Waals surface area contributed by atoms with Crippen molar-refractivity contribution in [1.29, 1.82) is 0 Å². The van der Waals surface area contributed by atoms with Crippen LogP contribution in [0.4, 0.5) is 5.69 Å². The molecule has 1 amide bonds. The number of hydrogen-bond donors (Lipinski definition) is 1. The van der Waals surface area contributed by atoms with Crippen LogP contribution in [0.5, 0.6) is 5.75 Å². The summed E-state index contributed by atoms with van der Waals surface area (Å²) in [7, 11) is -3.64. The van der Waals surface area contributed by atoms with Gasteiger partial charge >= 0.3 is 0 Å². The average molecular weight is 543 g/mol. The summed E-state index contributed by atoms with van der Waals surface area (Å²) in [6.07, 6.45) is 1.11. The molecule has 36 heavy (non-hydrogen) atoms. The Morgan fingerprint density at radius 3 is 2.22 bits per heavy atom. The number of halogens is 2. The molecule has 1 N–H and O–H groups in total. The van der Waals surface area contributed by atoms with Gasteiger partial charge in [0.2, 0.25) is 10.0 Å². The normalized spacial score (nSPS) is 11.3. The zero-order chi connectivity index (χ0) is 25.7. The Kier molecular flexibility index (Phi) is 8.04. The van der Waals surface area contributed by atoms with Crippen molar-refractivity contribution in [2.75, 3.05) is 23.7 Å². The van der Waals surface area contributed by atoms with Crippen LogP contribution in [0, 0.1) is 0 Å². The van der Waals surface area contributed by atoms with E-state index in [9.17, 15) is 13.2 Å². The molecule has 0 aromatic heterocycles. The lowest BCUT2D eigenvalue weighted by Crippen LogP contribution is -2.30. The SMILES string of the molecule is CS(=O)(=O)N(Cc1c(Cl)cccc1Cl)c1ccc(C(=O)NCCOc2cccc3ccccc23)cc1. The second kappa shape index (κ2) is 11.2. The van der Waals surface area contributed by atoms with E-state index in [1.54, 1.807) is 42.5 Å². The molecule has 0 atom stereocenters. The number of nitrogens with zero attached hydrogens (tertiary/aromatic N) is 1. The van der Waals surface area contributed by atoms with Crippen LogP contribution in [0.3, 0.4) is 0 Å². The van der Waals surface area contributed by atoms with Gasteiger partial charge in [0.05, 0.1) is 25.0 Å². The van der Waals surface area contributed by atoms with E-state index >= 15 is 0 Å². The Morgan fingerprint density at radius 2 is 1.53 bits per heavy atom. The molecule has 4 aromatic carbocycles. The van der Waals surface area contributed by atoms with Crippen LogP contribution in [0.2, 0.25) is 10.0 Å². The van der Waals surface area contributed by atoms with Gasteiger partial charge in [0.1, 0.15) is 12.4 Å². The third kappa shape index (κ3) is 6.10. The molecular formula is C27H24Cl2N2O4S. The summed E-state index contributed by atoms with van der Waals surface area (Å²) in [4.78, 5) is 12.6. The fraction of sp³-hybridized carbons (Fsp3) is 0.148. The molecule has 0 aliphatic carbocycles. The van der Waals surface area contributed by atoms with Gasteiger partial charge in [-0.05, 0) is 47.9 Å². The maximum atomic E-state index is 12.6. The first-order valence-corrected chi connectivity index (χ1v) is 13.7. The molecule has 4 rings (SSSR count). The number of anilines is 1. The predicted molar refractivity (Wildman–Crippen MR) is 146 cm³/mol. The number of hydrogen-bond acceptors (Lipinski definition) is 4. The number of amides is 1. The highest BCUT2D eigenvalue weighted by Gasteiger charge is 2.21. The number of carbonyl (C=O) groups is 1. The van der Waals surface area contributed by atoms with Crippen LogP contribution in [-0.2, 0) is 16.6 Å². The monoisotopic (exact) mass is 542 g/mol. The lowest BCUT2D eigenvalue weighted by molar-refractivity contribution is 0.0947. The zero-order valence-electron chi connectivity index (χ0n) is 19.4. The molecule has 0 unspecified atom stereocenters. The third-order valence-corrected chi connectivity index (χ3v) is 7.42. The van der Waals surface area contributed by atoms with E-state index in [-0.39, 0.29) is 12.5 Å². The Morgan fingerprint density at radius 1 is 0.889 bits per heavy atom. The van der Waals surface area contributed by atoms with Gasteiger partial charge in [0.25, 0.3) is 5.91 Å². The highest BCUT2D eigenvalue weighted by atomic mass is 35.5. The number of rotatable bonds is 9. The molecule has 0 saturated carbocycles. The fourth-order valence-electron chi connectivity index (χ4n) is 3.76. The zero-order valence-corrected chi connectivity index (χ0v) is 21.8. The van der Waals surface area contributed by atoms with Gasteiger partial charge in [-0.1, -0.05) is 65.7 Å². The first-order chi connectivity index (χ1) is 17.2. The quantitative estimate of drug-likeness (QED) is 0.266. The summed E-state index contributed by atoms with van der Waals surface area (Å²) in [5, 5.41) is 5.66. The van der Waals surface area contributed by atoms with Gasteiger partial charge in [0, 0.05) is 26.6 Å². The minimum absolute atomic E-state index is 0.0333.